The summed E-state index contributed by atoms with van der Waals surface area (Å²) in [4.78, 5) is 24.3. The van der Waals surface area contributed by atoms with E-state index in [4.69, 9.17) is 9.15 Å². The normalized spacial score (nSPS) is 10.7. The average Bonchev–Trinajstić information content (AvgIpc) is 2.78. The van der Waals surface area contributed by atoms with Crippen molar-refractivity contribution in [2.75, 3.05) is 6.61 Å². The molecule has 3 aromatic carbocycles. The van der Waals surface area contributed by atoms with Crippen LogP contribution in [0, 0.1) is 6.92 Å². The van der Waals surface area contributed by atoms with E-state index >= 15 is 0 Å². The molecule has 1 aromatic heterocycles. The Morgan fingerprint density at radius 2 is 1.67 bits per heavy atom. The van der Waals surface area contributed by atoms with Crippen molar-refractivity contribution in [1.82, 2.24) is 5.32 Å². The Kier molecular flexibility index (Phi) is 5.61. The van der Waals surface area contributed by atoms with Gasteiger partial charge >= 0.3 is 5.63 Å². The molecule has 5 nitrogen and oxygen atoms in total. The highest BCUT2D eigenvalue weighted by molar-refractivity contribution is 5.95. The number of benzene rings is 3. The van der Waals surface area contributed by atoms with Crippen molar-refractivity contribution in [1.29, 1.82) is 0 Å². The third kappa shape index (κ3) is 4.25. The van der Waals surface area contributed by atoms with E-state index in [9.17, 15) is 9.59 Å². The second-order valence-electron chi connectivity index (χ2n) is 6.96. The fraction of sp³-hybridized carbons (Fsp3) is 0.120. The first kappa shape index (κ1) is 19.5. The first-order valence-electron chi connectivity index (χ1n) is 9.68. The molecule has 0 unspecified atom stereocenters. The molecular weight excluding hydrogens is 378 g/mol. The zero-order chi connectivity index (χ0) is 20.9. The molecule has 30 heavy (non-hydrogen) atoms. The van der Waals surface area contributed by atoms with Gasteiger partial charge in [0.15, 0.2) is 6.61 Å². The van der Waals surface area contributed by atoms with Crippen molar-refractivity contribution < 1.29 is 13.9 Å². The summed E-state index contributed by atoms with van der Waals surface area (Å²) in [6.07, 6.45) is 0. The molecule has 0 saturated heterocycles. The molecule has 0 spiro atoms. The Balaban J connectivity index is 1.54. The summed E-state index contributed by atoms with van der Waals surface area (Å²) in [7, 11) is 0. The molecule has 0 atom stereocenters. The Hall–Kier alpha value is -3.86. The standard InChI is InChI=1S/C25H21NO4/c1-17-22(29-16-23(27)26-15-18-8-4-2-5-9-18)13-12-20-21(14-24(28)30-25(17)20)19-10-6-3-7-11-19/h2-14H,15-16H2,1H3,(H,26,27). The molecule has 4 aromatic rings. The monoisotopic (exact) mass is 399 g/mol. The molecule has 0 aliphatic carbocycles. The number of hydrogen-bond acceptors (Lipinski definition) is 4. The summed E-state index contributed by atoms with van der Waals surface area (Å²) < 4.78 is 11.2. The van der Waals surface area contributed by atoms with Crippen LogP contribution >= 0.6 is 0 Å². The molecule has 0 aliphatic heterocycles. The van der Waals surface area contributed by atoms with Crippen LogP contribution in [0.5, 0.6) is 5.75 Å². The summed E-state index contributed by atoms with van der Waals surface area (Å²) in [6.45, 7) is 2.13. The second-order valence-corrected chi connectivity index (χ2v) is 6.96. The van der Waals surface area contributed by atoms with Gasteiger partial charge < -0.3 is 14.5 Å². The number of amides is 1. The van der Waals surface area contributed by atoms with E-state index in [2.05, 4.69) is 5.32 Å². The van der Waals surface area contributed by atoms with Gasteiger partial charge in [-0.3, -0.25) is 4.79 Å². The maximum absolute atomic E-state index is 12.2. The van der Waals surface area contributed by atoms with Gasteiger partial charge in [0.1, 0.15) is 11.3 Å². The molecule has 1 heterocycles. The predicted octanol–water partition coefficient (Wildman–Crippen LogP) is 4.46. The summed E-state index contributed by atoms with van der Waals surface area (Å²) in [5.41, 5.74) is 3.47. The fourth-order valence-electron chi connectivity index (χ4n) is 3.35. The molecule has 1 N–H and O–H groups in total. The number of aryl methyl sites for hydroxylation is 1. The highest BCUT2D eigenvalue weighted by atomic mass is 16.5. The van der Waals surface area contributed by atoms with E-state index in [1.165, 1.54) is 6.07 Å². The van der Waals surface area contributed by atoms with E-state index < -0.39 is 5.63 Å². The highest BCUT2D eigenvalue weighted by Crippen LogP contribution is 2.32. The van der Waals surface area contributed by atoms with Crippen LogP contribution in [0.2, 0.25) is 0 Å². The van der Waals surface area contributed by atoms with Crippen LogP contribution in [-0.4, -0.2) is 12.5 Å². The lowest BCUT2D eigenvalue weighted by Gasteiger charge is -2.12. The number of fused-ring (bicyclic) bond motifs is 1. The zero-order valence-electron chi connectivity index (χ0n) is 16.6. The molecular formula is C25H21NO4. The lowest BCUT2D eigenvalue weighted by Crippen LogP contribution is -2.28. The fourth-order valence-corrected chi connectivity index (χ4v) is 3.35. The SMILES string of the molecule is Cc1c(OCC(=O)NCc2ccccc2)ccc2c(-c3ccccc3)cc(=O)oc12. The van der Waals surface area contributed by atoms with Crippen molar-refractivity contribution >= 4 is 16.9 Å². The van der Waals surface area contributed by atoms with Crippen molar-refractivity contribution in [2.24, 2.45) is 0 Å². The number of nitrogens with one attached hydrogen (secondary N) is 1. The van der Waals surface area contributed by atoms with Gasteiger partial charge in [-0.2, -0.15) is 0 Å². The molecule has 0 radical (unpaired) electrons. The third-order valence-electron chi connectivity index (χ3n) is 4.89. The largest absolute Gasteiger partial charge is 0.483 e. The van der Waals surface area contributed by atoms with E-state index in [0.717, 1.165) is 22.1 Å². The van der Waals surface area contributed by atoms with Gasteiger partial charge in [0, 0.05) is 23.6 Å². The quantitative estimate of drug-likeness (QED) is 0.486. The Morgan fingerprint density at radius 3 is 2.40 bits per heavy atom. The van der Waals surface area contributed by atoms with Gasteiger partial charge in [-0.15, -0.1) is 0 Å². The second kappa shape index (κ2) is 8.66. The minimum absolute atomic E-state index is 0.123. The highest BCUT2D eigenvalue weighted by Gasteiger charge is 2.14. The Morgan fingerprint density at radius 1 is 0.967 bits per heavy atom. The molecule has 1 amide bonds. The van der Waals surface area contributed by atoms with Crippen LogP contribution < -0.4 is 15.7 Å². The van der Waals surface area contributed by atoms with Crippen LogP contribution in [0.3, 0.4) is 0 Å². The van der Waals surface area contributed by atoms with Gasteiger partial charge in [-0.25, -0.2) is 4.79 Å². The zero-order valence-corrected chi connectivity index (χ0v) is 16.6. The Labute approximate surface area is 173 Å². The summed E-state index contributed by atoms with van der Waals surface area (Å²) in [6, 6.07) is 24.5. The third-order valence-corrected chi connectivity index (χ3v) is 4.89. The maximum Gasteiger partial charge on any atom is 0.336 e. The lowest BCUT2D eigenvalue weighted by molar-refractivity contribution is -0.123. The molecule has 5 heteroatoms. The van der Waals surface area contributed by atoms with E-state index in [-0.39, 0.29) is 12.5 Å². The van der Waals surface area contributed by atoms with Crippen LogP contribution in [0.25, 0.3) is 22.1 Å². The van der Waals surface area contributed by atoms with Gasteiger partial charge in [-0.05, 0) is 35.7 Å². The molecule has 0 aliphatic rings. The number of carbonyl (C=O) groups excluding carboxylic acids is 1. The van der Waals surface area contributed by atoms with Crippen molar-refractivity contribution in [3.05, 3.63) is 100 Å². The lowest BCUT2D eigenvalue weighted by atomic mass is 10.0. The van der Waals surface area contributed by atoms with Crippen LogP contribution in [0.1, 0.15) is 11.1 Å². The number of hydrogen-bond donors (Lipinski definition) is 1. The molecule has 150 valence electrons. The predicted molar refractivity (Wildman–Crippen MR) is 116 cm³/mol. The van der Waals surface area contributed by atoms with E-state index in [1.807, 2.05) is 73.7 Å². The number of carbonyl (C=O) groups is 1. The van der Waals surface area contributed by atoms with E-state index in [1.54, 1.807) is 6.07 Å². The number of rotatable bonds is 6. The van der Waals surface area contributed by atoms with E-state index in [0.29, 0.717) is 23.4 Å². The van der Waals surface area contributed by atoms with Gasteiger partial charge in [0.05, 0.1) is 0 Å². The van der Waals surface area contributed by atoms with Gasteiger partial charge in [0.2, 0.25) is 0 Å². The first-order valence-corrected chi connectivity index (χ1v) is 9.68. The number of ether oxygens (including phenoxy) is 1. The molecule has 0 saturated carbocycles. The smallest absolute Gasteiger partial charge is 0.336 e. The van der Waals surface area contributed by atoms with Crippen LogP contribution in [-0.2, 0) is 11.3 Å². The summed E-state index contributed by atoms with van der Waals surface area (Å²) >= 11 is 0. The Bertz CT molecular complexity index is 1230. The first-order chi connectivity index (χ1) is 14.6. The average molecular weight is 399 g/mol. The molecule has 4 rings (SSSR count). The topological polar surface area (TPSA) is 68.5 Å². The summed E-state index contributed by atoms with van der Waals surface area (Å²) in [5, 5.41) is 3.65. The molecule has 0 fully saturated rings. The summed E-state index contributed by atoms with van der Waals surface area (Å²) in [5.74, 6) is 0.281. The maximum atomic E-state index is 12.2. The minimum atomic E-state index is -0.429. The van der Waals surface area contributed by atoms with Gasteiger partial charge in [-0.1, -0.05) is 60.7 Å². The van der Waals surface area contributed by atoms with Crippen molar-refractivity contribution in [3.63, 3.8) is 0 Å². The minimum Gasteiger partial charge on any atom is -0.483 e. The van der Waals surface area contributed by atoms with Crippen LogP contribution in [0.4, 0.5) is 0 Å². The van der Waals surface area contributed by atoms with Gasteiger partial charge in [0.25, 0.3) is 5.91 Å². The van der Waals surface area contributed by atoms with Crippen molar-refractivity contribution in [3.8, 4) is 16.9 Å². The van der Waals surface area contributed by atoms with Crippen molar-refractivity contribution in [2.45, 2.75) is 13.5 Å². The van der Waals surface area contributed by atoms with Crippen LogP contribution in [0.15, 0.2) is 88.1 Å². The molecule has 0 bridgehead atoms.